The van der Waals surface area contributed by atoms with Crippen LogP contribution in [0, 0.1) is 5.92 Å². The third-order valence-corrected chi connectivity index (χ3v) is 8.47. The Morgan fingerprint density at radius 2 is 1.95 bits per heavy atom. The number of anilines is 1. The molecular formula is C30H37N7O. The molecule has 8 heteroatoms. The predicted molar refractivity (Wildman–Crippen MR) is 149 cm³/mol. The number of aryl methyl sites for hydroxylation is 1. The quantitative estimate of drug-likeness (QED) is 0.286. The Balaban J connectivity index is 1.23. The van der Waals surface area contributed by atoms with Crippen LogP contribution in [0.25, 0.3) is 11.0 Å². The second-order valence-corrected chi connectivity index (χ2v) is 11.4. The van der Waals surface area contributed by atoms with Gasteiger partial charge >= 0.3 is 0 Å². The number of amides is 1. The van der Waals surface area contributed by atoms with Crippen LogP contribution in [0.15, 0.2) is 48.9 Å². The number of rotatable bonds is 7. The fourth-order valence-corrected chi connectivity index (χ4v) is 6.59. The SMILES string of the molecule is CC1CC(c2cccc(NC(=O)c3cc(CNC4CCCCCC4)c4[nH]ccc4n3)c2)(c2nncn2C)C1. The van der Waals surface area contributed by atoms with Crippen LogP contribution in [0.4, 0.5) is 5.69 Å². The summed E-state index contributed by atoms with van der Waals surface area (Å²) in [5.74, 6) is 1.40. The summed E-state index contributed by atoms with van der Waals surface area (Å²) in [4.78, 5) is 21.4. The summed E-state index contributed by atoms with van der Waals surface area (Å²) < 4.78 is 2.01. The average molecular weight is 512 g/mol. The number of hydrogen-bond acceptors (Lipinski definition) is 5. The third kappa shape index (κ3) is 4.73. The molecule has 2 aliphatic rings. The van der Waals surface area contributed by atoms with E-state index in [1.807, 2.05) is 42.1 Å². The number of aromatic amines is 1. The summed E-state index contributed by atoms with van der Waals surface area (Å²) in [5, 5.41) is 15.4. The number of H-pyrrole nitrogens is 1. The summed E-state index contributed by atoms with van der Waals surface area (Å²) in [5.41, 5.74) is 5.07. The van der Waals surface area contributed by atoms with Crippen molar-refractivity contribution in [1.82, 2.24) is 30.0 Å². The van der Waals surface area contributed by atoms with Crippen molar-refractivity contribution in [2.45, 2.75) is 76.3 Å². The van der Waals surface area contributed by atoms with Gasteiger partial charge in [-0.25, -0.2) is 4.98 Å². The van der Waals surface area contributed by atoms with Gasteiger partial charge in [-0.1, -0.05) is 44.7 Å². The van der Waals surface area contributed by atoms with Gasteiger partial charge in [-0.15, -0.1) is 10.2 Å². The highest BCUT2D eigenvalue weighted by Crippen LogP contribution is 2.51. The number of carbonyl (C=O) groups is 1. The lowest BCUT2D eigenvalue weighted by molar-refractivity contribution is 0.102. The number of nitrogens with one attached hydrogen (secondary N) is 3. The molecule has 3 heterocycles. The van der Waals surface area contributed by atoms with Crippen LogP contribution in [-0.2, 0) is 19.0 Å². The van der Waals surface area contributed by atoms with Crippen molar-refractivity contribution in [3.05, 3.63) is 71.6 Å². The lowest BCUT2D eigenvalue weighted by Crippen LogP contribution is -2.43. The highest BCUT2D eigenvalue weighted by atomic mass is 16.1. The Morgan fingerprint density at radius 1 is 1.13 bits per heavy atom. The monoisotopic (exact) mass is 511 g/mol. The van der Waals surface area contributed by atoms with Crippen molar-refractivity contribution in [2.75, 3.05) is 5.32 Å². The number of fused-ring (bicyclic) bond motifs is 1. The van der Waals surface area contributed by atoms with Crippen LogP contribution in [0.5, 0.6) is 0 Å². The van der Waals surface area contributed by atoms with E-state index in [9.17, 15) is 4.79 Å². The van der Waals surface area contributed by atoms with Gasteiger partial charge in [0.05, 0.1) is 16.4 Å². The Kier molecular flexibility index (Phi) is 6.74. The first-order valence-corrected chi connectivity index (χ1v) is 14.0. The molecule has 38 heavy (non-hydrogen) atoms. The molecule has 0 atom stereocenters. The average Bonchev–Trinajstić information content (AvgIpc) is 3.47. The molecule has 0 bridgehead atoms. The number of aromatic nitrogens is 5. The topological polar surface area (TPSA) is 101 Å². The van der Waals surface area contributed by atoms with Crippen molar-refractivity contribution >= 4 is 22.6 Å². The van der Waals surface area contributed by atoms with E-state index in [-0.39, 0.29) is 11.3 Å². The standard InChI is InChI=1S/C30H37N7O/c1-20-16-30(17-20,29-36-33-19-37(29)2)22-8-7-11-24(15-22)34-28(38)26-14-21(27-25(35-26)12-13-31-27)18-32-23-9-5-3-4-6-10-23/h7-8,11-15,19-20,23,31-32H,3-6,9-10,16-18H2,1-2H3,(H,34,38). The van der Waals surface area contributed by atoms with E-state index < -0.39 is 0 Å². The summed E-state index contributed by atoms with van der Waals surface area (Å²) in [7, 11) is 2.00. The summed E-state index contributed by atoms with van der Waals surface area (Å²) in [6.45, 7) is 2.99. The van der Waals surface area contributed by atoms with Gasteiger partial charge in [-0.2, -0.15) is 0 Å². The molecule has 0 saturated heterocycles. The highest BCUT2D eigenvalue weighted by Gasteiger charge is 2.48. The Morgan fingerprint density at radius 3 is 2.68 bits per heavy atom. The van der Waals surface area contributed by atoms with E-state index in [2.05, 4.69) is 49.9 Å². The summed E-state index contributed by atoms with van der Waals surface area (Å²) in [6.07, 6.45) is 13.4. The van der Waals surface area contributed by atoms with Gasteiger partial charge in [0.2, 0.25) is 0 Å². The van der Waals surface area contributed by atoms with Gasteiger partial charge < -0.3 is 20.2 Å². The van der Waals surface area contributed by atoms with Gasteiger partial charge in [-0.05, 0) is 67.0 Å². The number of benzene rings is 1. The molecule has 8 nitrogen and oxygen atoms in total. The lowest BCUT2D eigenvalue weighted by Gasteiger charge is -2.46. The van der Waals surface area contributed by atoms with Gasteiger partial charge in [0.15, 0.2) is 0 Å². The Labute approximate surface area is 223 Å². The van der Waals surface area contributed by atoms with E-state index >= 15 is 0 Å². The zero-order valence-electron chi connectivity index (χ0n) is 22.3. The van der Waals surface area contributed by atoms with E-state index in [1.54, 1.807) is 6.33 Å². The number of carbonyl (C=O) groups excluding carboxylic acids is 1. The molecular weight excluding hydrogens is 474 g/mol. The molecule has 1 amide bonds. The Bertz CT molecular complexity index is 1420. The normalized spacial score (nSPS) is 22.2. The fourth-order valence-electron chi connectivity index (χ4n) is 6.59. The summed E-state index contributed by atoms with van der Waals surface area (Å²) in [6, 6.07) is 12.6. The minimum absolute atomic E-state index is 0.176. The van der Waals surface area contributed by atoms with Gasteiger partial charge in [0, 0.05) is 31.5 Å². The number of nitrogens with zero attached hydrogens (tertiary/aromatic N) is 4. The van der Waals surface area contributed by atoms with Gasteiger partial charge in [-0.3, -0.25) is 4.79 Å². The maximum atomic E-state index is 13.4. The molecule has 6 rings (SSSR count). The Hall–Kier alpha value is -3.52. The predicted octanol–water partition coefficient (Wildman–Crippen LogP) is 5.47. The van der Waals surface area contributed by atoms with Crippen LogP contribution < -0.4 is 10.6 Å². The van der Waals surface area contributed by atoms with E-state index in [1.165, 1.54) is 38.5 Å². The number of hydrogen-bond donors (Lipinski definition) is 3. The van der Waals surface area contributed by atoms with Crippen LogP contribution in [0.2, 0.25) is 0 Å². The zero-order valence-corrected chi connectivity index (χ0v) is 22.3. The van der Waals surface area contributed by atoms with Gasteiger partial charge in [0.25, 0.3) is 5.91 Å². The number of pyridine rings is 1. The first-order chi connectivity index (χ1) is 18.5. The molecule has 2 saturated carbocycles. The smallest absolute Gasteiger partial charge is 0.274 e. The van der Waals surface area contributed by atoms with Crippen molar-refractivity contribution < 1.29 is 4.79 Å². The maximum Gasteiger partial charge on any atom is 0.274 e. The first-order valence-electron chi connectivity index (χ1n) is 14.0. The maximum absolute atomic E-state index is 13.4. The van der Waals surface area contributed by atoms with E-state index in [0.29, 0.717) is 17.7 Å². The molecule has 198 valence electrons. The molecule has 0 spiro atoms. The van der Waals surface area contributed by atoms with Crippen LogP contribution >= 0.6 is 0 Å². The molecule has 0 radical (unpaired) electrons. The van der Waals surface area contributed by atoms with Crippen molar-refractivity contribution in [3.8, 4) is 0 Å². The van der Waals surface area contributed by atoms with Gasteiger partial charge in [0.1, 0.15) is 17.8 Å². The molecule has 2 aliphatic carbocycles. The zero-order chi connectivity index (χ0) is 26.1. The molecule has 2 fully saturated rings. The largest absolute Gasteiger partial charge is 0.360 e. The van der Waals surface area contributed by atoms with Crippen molar-refractivity contribution in [2.24, 2.45) is 13.0 Å². The third-order valence-electron chi connectivity index (χ3n) is 8.47. The molecule has 0 unspecified atom stereocenters. The molecule has 3 N–H and O–H groups in total. The minimum atomic E-state index is -0.198. The molecule has 4 aromatic rings. The summed E-state index contributed by atoms with van der Waals surface area (Å²) >= 11 is 0. The van der Waals surface area contributed by atoms with Crippen molar-refractivity contribution in [3.63, 3.8) is 0 Å². The molecule has 0 aliphatic heterocycles. The highest BCUT2D eigenvalue weighted by molar-refractivity contribution is 6.04. The van der Waals surface area contributed by atoms with E-state index in [0.717, 1.165) is 53.1 Å². The second-order valence-electron chi connectivity index (χ2n) is 11.4. The first kappa shape index (κ1) is 24.8. The van der Waals surface area contributed by atoms with Crippen LogP contribution in [0.3, 0.4) is 0 Å². The lowest BCUT2D eigenvalue weighted by atomic mass is 9.58. The van der Waals surface area contributed by atoms with E-state index in [4.69, 9.17) is 0 Å². The molecule has 1 aromatic carbocycles. The van der Waals surface area contributed by atoms with Crippen molar-refractivity contribution in [1.29, 1.82) is 0 Å². The molecule has 3 aromatic heterocycles. The fraction of sp³-hybridized carbons (Fsp3) is 0.467. The minimum Gasteiger partial charge on any atom is -0.360 e. The van der Waals surface area contributed by atoms with Crippen LogP contribution in [0.1, 0.15) is 85.7 Å². The van der Waals surface area contributed by atoms with Crippen LogP contribution in [-0.4, -0.2) is 36.7 Å². The second kappa shape index (κ2) is 10.3.